The number of aromatic nitrogens is 1. The number of aryl methyl sites for hydroxylation is 2. The molecule has 1 aromatic rings. The third kappa shape index (κ3) is 2.93. The van der Waals surface area contributed by atoms with Crippen LogP contribution in [0.1, 0.15) is 37.1 Å². The van der Waals surface area contributed by atoms with E-state index in [-0.39, 0.29) is 29.7 Å². The molecular weight excluding hydrogens is 344 g/mol. The molecule has 1 amide bonds. The Balaban J connectivity index is 1.72. The summed E-state index contributed by atoms with van der Waals surface area (Å²) in [5.74, 6) is 0.118. The second-order valence-corrected chi connectivity index (χ2v) is 8.63. The highest BCUT2D eigenvalue weighted by Gasteiger charge is 2.45. The van der Waals surface area contributed by atoms with Crippen LogP contribution in [0.15, 0.2) is 9.42 Å². The number of hydrogen-bond acceptors (Lipinski definition) is 6. The molecule has 0 radical (unpaired) electrons. The van der Waals surface area contributed by atoms with Crippen LogP contribution >= 0.6 is 0 Å². The highest BCUT2D eigenvalue weighted by Crippen LogP contribution is 2.39. The van der Waals surface area contributed by atoms with Gasteiger partial charge in [-0.05, 0) is 26.7 Å². The lowest BCUT2D eigenvalue weighted by Gasteiger charge is -2.37. The number of rotatable bonds is 3. The van der Waals surface area contributed by atoms with Crippen LogP contribution in [-0.4, -0.2) is 54.9 Å². The summed E-state index contributed by atoms with van der Waals surface area (Å²) in [6, 6.07) is 2.21. The van der Waals surface area contributed by atoms with E-state index in [1.807, 2.05) is 0 Å². The molecule has 8 nitrogen and oxygen atoms in total. The van der Waals surface area contributed by atoms with Crippen LogP contribution in [0.3, 0.4) is 0 Å². The van der Waals surface area contributed by atoms with Gasteiger partial charge in [0.15, 0.2) is 5.76 Å². The number of amides is 1. The topological polar surface area (TPSA) is 108 Å². The van der Waals surface area contributed by atoms with E-state index in [1.165, 1.54) is 4.31 Å². The van der Waals surface area contributed by atoms with E-state index in [0.29, 0.717) is 31.6 Å². The fraction of sp³-hybridized carbons (Fsp3) is 0.688. The summed E-state index contributed by atoms with van der Waals surface area (Å²) >= 11 is 0. The molecule has 0 spiro atoms. The Morgan fingerprint density at radius 1 is 1.20 bits per heavy atom. The predicted molar refractivity (Wildman–Crippen MR) is 87.8 cm³/mol. The fourth-order valence-corrected chi connectivity index (χ4v) is 5.47. The summed E-state index contributed by atoms with van der Waals surface area (Å²) in [4.78, 5) is 14.5. The van der Waals surface area contributed by atoms with Crippen LogP contribution in [0, 0.1) is 30.6 Å². The number of sulfonamides is 1. The van der Waals surface area contributed by atoms with Crippen molar-refractivity contribution in [2.24, 2.45) is 5.41 Å². The third-order valence-electron chi connectivity index (χ3n) is 5.17. The van der Waals surface area contributed by atoms with E-state index in [4.69, 9.17) is 4.52 Å². The lowest BCUT2D eigenvalue weighted by molar-refractivity contribution is -0.140. The quantitative estimate of drug-likeness (QED) is 0.796. The Labute approximate surface area is 147 Å². The van der Waals surface area contributed by atoms with Gasteiger partial charge in [0, 0.05) is 26.2 Å². The molecule has 3 rings (SSSR count). The number of carbonyl (C=O) groups excluding carboxylic acids is 1. The number of piperazine rings is 1. The Hall–Kier alpha value is -1.92. The molecule has 9 heteroatoms. The van der Waals surface area contributed by atoms with Gasteiger partial charge in [-0.1, -0.05) is 18.0 Å². The average molecular weight is 366 g/mol. The Bertz CT molecular complexity index is 790. The molecule has 25 heavy (non-hydrogen) atoms. The minimum atomic E-state index is -3.69. The molecule has 2 fully saturated rings. The van der Waals surface area contributed by atoms with Crippen molar-refractivity contribution < 1.29 is 17.7 Å². The van der Waals surface area contributed by atoms with Crippen LogP contribution in [0.25, 0.3) is 0 Å². The van der Waals surface area contributed by atoms with Crippen molar-refractivity contribution in [3.63, 3.8) is 0 Å². The van der Waals surface area contributed by atoms with E-state index in [9.17, 15) is 18.5 Å². The van der Waals surface area contributed by atoms with E-state index >= 15 is 0 Å². The van der Waals surface area contributed by atoms with Crippen molar-refractivity contribution >= 4 is 15.9 Å². The first-order chi connectivity index (χ1) is 11.8. The molecule has 1 aliphatic heterocycles. The monoisotopic (exact) mass is 366 g/mol. The predicted octanol–water partition coefficient (Wildman–Crippen LogP) is 1.21. The molecule has 2 heterocycles. The number of nitriles is 1. The van der Waals surface area contributed by atoms with Gasteiger partial charge >= 0.3 is 0 Å². The lowest BCUT2D eigenvalue weighted by atomic mass is 9.86. The largest absolute Gasteiger partial charge is 0.360 e. The highest BCUT2D eigenvalue weighted by atomic mass is 32.2. The Morgan fingerprint density at radius 3 is 2.28 bits per heavy atom. The summed E-state index contributed by atoms with van der Waals surface area (Å²) < 4.78 is 32.0. The zero-order chi connectivity index (χ0) is 18.2. The van der Waals surface area contributed by atoms with Gasteiger partial charge in [-0.15, -0.1) is 0 Å². The average Bonchev–Trinajstić information content (AvgIpc) is 3.22. The summed E-state index contributed by atoms with van der Waals surface area (Å²) in [5.41, 5.74) is -0.576. The summed E-state index contributed by atoms with van der Waals surface area (Å²) in [5, 5.41) is 13.2. The first-order valence-electron chi connectivity index (χ1n) is 8.45. The van der Waals surface area contributed by atoms with Crippen molar-refractivity contribution in [3.05, 3.63) is 11.5 Å². The van der Waals surface area contributed by atoms with Crippen LogP contribution in [-0.2, 0) is 14.8 Å². The van der Waals surface area contributed by atoms with Crippen LogP contribution in [0.2, 0.25) is 0 Å². The standard InChI is InChI=1S/C16H22N4O4S/c1-12-14(13(2)24-18-12)25(22,23)20-9-7-19(8-10-20)15(21)16(11-17)5-3-4-6-16/h3-10H2,1-2H3. The Kier molecular flexibility index (Phi) is 4.60. The zero-order valence-corrected chi connectivity index (χ0v) is 15.3. The molecule has 1 saturated heterocycles. The van der Waals surface area contributed by atoms with Crippen molar-refractivity contribution in [2.75, 3.05) is 26.2 Å². The van der Waals surface area contributed by atoms with Gasteiger partial charge in [0.1, 0.15) is 16.0 Å². The first-order valence-corrected chi connectivity index (χ1v) is 9.89. The summed E-state index contributed by atoms with van der Waals surface area (Å²) in [6.07, 6.45) is 2.97. The normalized spacial score (nSPS) is 21.2. The van der Waals surface area contributed by atoms with Gasteiger partial charge in [-0.25, -0.2) is 8.42 Å². The SMILES string of the molecule is Cc1noc(C)c1S(=O)(=O)N1CCN(C(=O)C2(C#N)CCCC2)CC1. The zero-order valence-electron chi connectivity index (χ0n) is 14.5. The molecule has 136 valence electrons. The van der Waals surface area contributed by atoms with Crippen molar-refractivity contribution in [2.45, 2.75) is 44.4 Å². The molecule has 1 aliphatic carbocycles. The van der Waals surface area contributed by atoms with Crippen LogP contribution in [0.4, 0.5) is 0 Å². The van der Waals surface area contributed by atoms with Gasteiger partial charge in [0.05, 0.1) is 6.07 Å². The lowest BCUT2D eigenvalue weighted by Crippen LogP contribution is -2.53. The van der Waals surface area contributed by atoms with Crippen LogP contribution < -0.4 is 0 Å². The van der Waals surface area contributed by atoms with Gasteiger partial charge in [-0.2, -0.15) is 9.57 Å². The molecule has 0 N–H and O–H groups in total. The van der Waals surface area contributed by atoms with Crippen LogP contribution in [0.5, 0.6) is 0 Å². The smallest absolute Gasteiger partial charge is 0.248 e. The maximum atomic E-state index is 12.8. The first kappa shape index (κ1) is 17.9. The number of nitrogens with zero attached hydrogens (tertiary/aromatic N) is 4. The highest BCUT2D eigenvalue weighted by molar-refractivity contribution is 7.89. The number of carbonyl (C=O) groups is 1. The van der Waals surface area contributed by atoms with E-state index < -0.39 is 15.4 Å². The molecular formula is C16H22N4O4S. The Morgan fingerprint density at radius 2 is 1.80 bits per heavy atom. The van der Waals surface area contributed by atoms with Crippen molar-refractivity contribution in [1.29, 1.82) is 5.26 Å². The third-order valence-corrected chi connectivity index (χ3v) is 7.32. The van der Waals surface area contributed by atoms with Gasteiger partial charge in [-0.3, -0.25) is 4.79 Å². The van der Waals surface area contributed by atoms with Crippen molar-refractivity contribution in [3.8, 4) is 6.07 Å². The minimum Gasteiger partial charge on any atom is -0.360 e. The molecule has 2 aliphatic rings. The van der Waals surface area contributed by atoms with Gasteiger partial charge in [0.2, 0.25) is 15.9 Å². The molecule has 0 aromatic carbocycles. The fourth-order valence-electron chi connectivity index (χ4n) is 3.76. The second kappa shape index (κ2) is 6.42. The molecule has 1 saturated carbocycles. The molecule has 1 aromatic heterocycles. The minimum absolute atomic E-state index is 0.108. The molecule has 0 unspecified atom stereocenters. The maximum absolute atomic E-state index is 12.8. The van der Waals surface area contributed by atoms with Gasteiger partial charge in [0.25, 0.3) is 0 Å². The molecule has 0 atom stereocenters. The van der Waals surface area contributed by atoms with E-state index in [0.717, 1.165) is 12.8 Å². The van der Waals surface area contributed by atoms with E-state index in [2.05, 4.69) is 11.2 Å². The van der Waals surface area contributed by atoms with E-state index in [1.54, 1.807) is 18.7 Å². The summed E-state index contributed by atoms with van der Waals surface area (Å²) in [7, 11) is -3.69. The molecule has 0 bridgehead atoms. The number of hydrogen-bond donors (Lipinski definition) is 0. The maximum Gasteiger partial charge on any atom is 0.248 e. The summed E-state index contributed by atoms with van der Waals surface area (Å²) in [6.45, 7) is 4.18. The van der Waals surface area contributed by atoms with Crippen molar-refractivity contribution in [1.82, 2.24) is 14.4 Å². The van der Waals surface area contributed by atoms with Gasteiger partial charge < -0.3 is 9.42 Å². The second-order valence-electron chi connectivity index (χ2n) is 6.75.